The molecule has 1 aromatic rings. The van der Waals surface area contributed by atoms with Crippen LogP contribution in [0, 0.1) is 11.8 Å². The average Bonchev–Trinajstić information content (AvgIpc) is 2.87. The van der Waals surface area contributed by atoms with Gasteiger partial charge in [-0.25, -0.2) is 0 Å². The first kappa shape index (κ1) is 13.6. The fourth-order valence-corrected chi connectivity index (χ4v) is 3.09. The third-order valence-electron chi connectivity index (χ3n) is 3.29. The van der Waals surface area contributed by atoms with Crippen LogP contribution in [0.4, 0.5) is 0 Å². The lowest BCUT2D eigenvalue weighted by Gasteiger charge is -2.25. The summed E-state index contributed by atoms with van der Waals surface area (Å²) in [5.41, 5.74) is 1.21. The van der Waals surface area contributed by atoms with E-state index in [1.54, 1.807) is 11.3 Å². The molecule has 1 aliphatic heterocycles. The first-order valence-electron chi connectivity index (χ1n) is 6.59. The summed E-state index contributed by atoms with van der Waals surface area (Å²) in [5.74, 6) is 1.06. The van der Waals surface area contributed by atoms with Crippen LogP contribution in [0.15, 0.2) is 16.8 Å². The fraction of sp³-hybridized carbons (Fsp3) is 0.643. The monoisotopic (exact) mass is 266 g/mol. The minimum Gasteiger partial charge on any atom is -0.321 e. The molecule has 2 heterocycles. The highest BCUT2D eigenvalue weighted by molar-refractivity contribution is 7.07. The predicted octanol–water partition coefficient (Wildman–Crippen LogP) is 2.86. The maximum atomic E-state index is 12.5. The number of nitrogens with one attached hydrogen (secondary N) is 1. The Hall–Kier alpha value is -0.870. The molecule has 0 radical (unpaired) electrons. The van der Waals surface area contributed by atoms with Gasteiger partial charge < -0.3 is 4.90 Å². The molecule has 0 bridgehead atoms. The molecule has 100 valence electrons. The van der Waals surface area contributed by atoms with E-state index in [2.05, 4.69) is 49.8 Å². The van der Waals surface area contributed by atoms with Crippen molar-refractivity contribution in [2.45, 2.75) is 39.9 Å². The van der Waals surface area contributed by atoms with Crippen LogP contribution in [0.5, 0.6) is 0 Å². The smallest absolute Gasteiger partial charge is 0.241 e. The van der Waals surface area contributed by atoms with Gasteiger partial charge >= 0.3 is 0 Å². The molecule has 1 amide bonds. The van der Waals surface area contributed by atoms with Crippen LogP contribution in [0.3, 0.4) is 0 Å². The van der Waals surface area contributed by atoms with Gasteiger partial charge in [0.1, 0.15) is 6.17 Å². The van der Waals surface area contributed by atoms with E-state index in [1.807, 2.05) is 4.90 Å². The Morgan fingerprint density at radius 2 is 2.11 bits per heavy atom. The molecule has 0 saturated carbocycles. The Morgan fingerprint density at radius 3 is 2.61 bits per heavy atom. The Balaban J connectivity index is 2.23. The van der Waals surface area contributed by atoms with Crippen LogP contribution in [-0.4, -0.2) is 23.4 Å². The number of amides is 1. The molecule has 1 aromatic heterocycles. The Kier molecular flexibility index (Phi) is 4.07. The lowest BCUT2D eigenvalue weighted by atomic mass is 10.0. The van der Waals surface area contributed by atoms with Gasteiger partial charge in [-0.1, -0.05) is 27.7 Å². The second kappa shape index (κ2) is 5.41. The van der Waals surface area contributed by atoms with E-state index in [4.69, 9.17) is 0 Å². The standard InChI is InChI=1S/C14H22N2OS/c1-9(2)7-16-13(11-5-6-18-8-11)15-12(10(3)4)14(16)17/h5-6,8-10,12-13,15H,7H2,1-4H3. The van der Waals surface area contributed by atoms with Crippen LogP contribution in [-0.2, 0) is 4.79 Å². The van der Waals surface area contributed by atoms with E-state index in [0.29, 0.717) is 11.8 Å². The summed E-state index contributed by atoms with van der Waals surface area (Å²) in [5, 5.41) is 7.67. The zero-order valence-electron chi connectivity index (χ0n) is 11.5. The van der Waals surface area contributed by atoms with E-state index in [1.165, 1.54) is 5.56 Å². The van der Waals surface area contributed by atoms with E-state index in [-0.39, 0.29) is 18.1 Å². The summed E-state index contributed by atoms with van der Waals surface area (Å²) in [6.07, 6.45) is 0.0542. The van der Waals surface area contributed by atoms with Crippen LogP contribution in [0.1, 0.15) is 39.4 Å². The maximum Gasteiger partial charge on any atom is 0.241 e. The topological polar surface area (TPSA) is 32.3 Å². The van der Waals surface area contributed by atoms with Crippen molar-refractivity contribution in [2.24, 2.45) is 11.8 Å². The van der Waals surface area contributed by atoms with E-state index >= 15 is 0 Å². The van der Waals surface area contributed by atoms with Crippen molar-refractivity contribution in [3.63, 3.8) is 0 Å². The van der Waals surface area contributed by atoms with Gasteiger partial charge in [-0.3, -0.25) is 10.1 Å². The minimum absolute atomic E-state index is 0.0475. The van der Waals surface area contributed by atoms with Gasteiger partial charge in [0.15, 0.2) is 0 Å². The van der Waals surface area contributed by atoms with Crippen molar-refractivity contribution in [2.75, 3.05) is 6.54 Å². The number of rotatable bonds is 4. The summed E-state index contributed by atoms with van der Waals surface area (Å²) in [4.78, 5) is 14.5. The molecule has 2 unspecified atom stereocenters. The summed E-state index contributed by atoms with van der Waals surface area (Å²) >= 11 is 1.68. The zero-order valence-corrected chi connectivity index (χ0v) is 12.3. The predicted molar refractivity (Wildman–Crippen MR) is 75.4 cm³/mol. The summed E-state index contributed by atoms with van der Waals surface area (Å²) in [7, 11) is 0. The molecule has 3 nitrogen and oxygen atoms in total. The van der Waals surface area contributed by atoms with Gasteiger partial charge in [0, 0.05) is 6.54 Å². The van der Waals surface area contributed by atoms with Gasteiger partial charge in [-0.2, -0.15) is 11.3 Å². The second-order valence-electron chi connectivity index (χ2n) is 5.73. The van der Waals surface area contributed by atoms with Crippen molar-refractivity contribution in [3.05, 3.63) is 22.4 Å². The number of hydrogen-bond acceptors (Lipinski definition) is 3. The van der Waals surface area contributed by atoms with Crippen molar-refractivity contribution < 1.29 is 4.79 Å². The molecule has 0 aliphatic carbocycles. The quantitative estimate of drug-likeness (QED) is 0.909. The lowest BCUT2D eigenvalue weighted by Crippen LogP contribution is -2.35. The summed E-state index contributed by atoms with van der Waals surface area (Å²) in [6, 6.07) is 2.06. The van der Waals surface area contributed by atoms with Gasteiger partial charge in [0.25, 0.3) is 0 Å². The fourth-order valence-electron chi connectivity index (χ4n) is 2.41. The molecule has 1 N–H and O–H groups in total. The van der Waals surface area contributed by atoms with Gasteiger partial charge in [-0.15, -0.1) is 0 Å². The highest BCUT2D eigenvalue weighted by atomic mass is 32.1. The van der Waals surface area contributed by atoms with Gasteiger partial charge in [0.2, 0.25) is 5.91 Å². The first-order chi connectivity index (χ1) is 8.50. The van der Waals surface area contributed by atoms with Crippen molar-refractivity contribution in [1.29, 1.82) is 0 Å². The highest BCUT2D eigenvalue weighted by Crippen LogP contribution is 2.29. The normalized spacial score (nSPS) is 24.6. The molecule has 1 fully saturated rings. The minimum atomic E-state index is -0.0475. The van der Waals surface area contributed by atoms with Crippen molar-refractivity contribution in [3.8, 4) is 0 Å². The Morgan fingerprint density at radius 1 is 1.39 bits per heavy atom. The molecule has 18 heavy (non-hydrogen) atoms. The van der Waals surface area contributed by atoms with Crippen molar-refractivity contribution in [1.82, 2.24) is 10.2 Å². The van der Waals surface area contributed by atoms with E-state index in [9.17, 15) is 4.79 Å². The first-order valence-corrected chi connectivity index (χ1v) is 7.53. The molecular formula is C14H22N2OS. The van der Waals surface area contributed by atoms with Crippen LogP contribution in [0.2, 0.25) is 0 Å². The Labute approximate surface area is 113 Å². The third-order valence-corrected chi connectivity index (χ3v) is 3.99. The molecule has 0 aromatic carbocycles. The summed E-state index contributed by atoms with van der Waals surface area (Å²) < 4.78 is 0. The Bertz CT molecular complexity index is 400. The van der Waals surface area contributed by atoms with Gasteiger partial charge in [0.05, 0.1) is 6.04 Å². The molecule has 4 heteroatoms. The maximum absolute atomic E-state index is 12.5. The van der Waals surface area contributed by atoms with Gasteiger partial charge in [-0.05, 0) is 34.2 Å². The average molecular weight is 266 g/mol. The molecule has 2 atom stereocenters. The van der Waals surface area contributed by atoms with Crippen LogP contribution < -0.4 is 5.32 Å². The van der Waals surface area contributed by atoms with Crippen molar-refractivity contribution >= 4 is 17.2 Å². The summed E-state index contributed by atoms with van der Waals surface area (Å²) in [6.45, 7) is 9.31. The number of carbonyl (C=O) groups excluding carboxylic acids is 1. The number of hydrogen-bond donors (Lipinski definition) is 1. The zero-order chi connectivity index (χ0) is 13.3. The second-order valence-corrected chi connectivity index (χ2v) is 6.51. The molecule has 1 saturated heterocycles. The number of thiophene rings is 1. The largest absolute Gasteiger partial charge is 0.321 e. The lowest BCUT2D eigenvalue weighted by molar-refractivity contribution is -0.131. The number of carbonyl (C=O) groups is 1. The highest BCUT2D eigenvalue weighted by Gasteiger charge is 2.41. The SMILES string of the molecule is CC(C)CN1C(=O)C(C(C)C)NC1c1ccsc1. The molecule has 1 aliphatic rings. The molecule has 2 rings (SSSR count). The van der Waals surface area contributed by atoms with E-state index < -0.39 is 0 Å². The van der Waals surface area contributed by atoms with Crippen LogP contribution in [0.25, 0.3) is 0 Å². The van der Waals surface area contributed by atoms with Crippen LogP contribution >= 0.6 is 11.3 Å². The third kappa shape index (κ3) is 2.59. The van der Waals surface area contributed by atoms with E-state index in [0.717, 1.165) is 6.54 Å². The molecular weight excluding hydrogens is 244 g/mol. The molecule has 0 spiro atoms. The number of nitrogens with zero attached hydrogens (tertiary/aromatic N) is 1.